The lowest BCUT2D eigenvalue weighted by Crippen LogP contribution is -2.12. The van der Waals surface area contributed by atoms with Gasteiger partial charge in [0.25, 0.3) is 0 Å². The molecule has 0 fully saturated rings. The summed E-state index contributed by atoms with van der Waals surface area (Å²) >= 11 is 3.49. The van der Waals surface area contributed by atoms with E-state index in [-0.39, 0.29) is 5.92 Å². The lowest BCUT2D eigenvalue weighted by Gasteiger charge is -2.10. The van der Waals surface area contributed by atoms with E-state index in [2.05, 4.69) is 15.9 Å². The second-order valence-corrected chi connectivity index (χ2v) is 4.78. The highest BCUT2D eigenvalue weighted by Crippen LogP contribution is 2.23. The van der Waals surface area contributed by atoms with E-state index in [0.29, 0.717) is 6.42 Å². The number of halogens is 1. The first-order valence-corrected chi connectivity index (χ1v) is 5.69. The van der Waals surface area contributed by atoms with Crippen LogP contribution in [0.25, 0.3) is 0 Å². The van der Waals surface area contributed by atoms with Gasteiger partial charge in [-0.3, -0.25) is 4.79 Å². The second kappa shape index (κ2) is 4.79. The van der Waals surface area contributed by atoms with E-state index >= 15 is 0 Å². The Labute approximate surface area is 98.4 Å². The summed E-state index contributed by atoms with van der Waals surface area (Å²) in [4.78, 5) is 10.7. The lowest BCUT2D eigenvalue weighted by molar-refractivity contribution is -0.141. The maximum Gasteiger partial charge on any atom is 0.306 e. The van der Waals surface area contributed by atoms with Crippen LogP contribution in [0.15, 0.2) is 16.6 Å². The maximum atomic E-state index is 10.7. The fourth-order valence-electron chi connectivity index (χ4n) is 1.59. The van der Waals surface area contributed by atoms with Gasteiger partial charge < -0.3 is 5.11 Å². The zero-order chi connectivity index (χ0) is 11.6. The summed E-state index contributed by atoms with van der Waals surface area (Å²) in [5.41, 5.74) is 3.40. The molecule has 1 unspecified atom stereocenters. The smallest absolute Gasteiger partial charge is 0.306 e. The molecular weight excluding hydrogens is 256 g/mol. The number of aliphatic carboxylic acids is 1. The van der Waals surface area contributed by atoms with Crippen LogP contribution < -0.4 is 0 Å². The van der Waals surface area contributed by atoms with Crippen molar-refractivity contribution in [3.05, 3.63) is 33.3 Å². The van der Waals surface area contributed by atoms with E-state index in [1.807, 2.05) is 26.0 Å². The summed E-state index contributed by atoms with van der Waals surface area (Å²) in [5, 5.41) is 8.83. The van der Waals surface area contributed by atoms with Crippen LogP contribution in [0.3, 0.4) is 0 Å². The van der Waals surface area contributed by atoms with Crippen molar-refractivity contribution in [3.8, 4) is 0 Å². The third-order valence-electron chi connectivity index (χ3n) is 2.46. The highest BCUT2D eigenvalue weighted by atomic mass is 79.9. The Balaban J connectivity index is 2.92. The van der Waals surface area contributed by atoms with E-state index < -0.39 is 5.97 Å². The number of carboxylic acids is 1. The molecule has 0 aliphatic heterocycles. The van der Waals surface area contributed by atoms with Gasteiger partial charge in [0.05, 0.1) is 5.92 Å². The van der Waals surface area contributed by atoms with Crippen LogP contribution in [0, 0.1) is 19.8 Å². The number of rotatable bonds is 3. The Morgan fingerprint density at radius 1 is 1.40 bits per heavy atom. The van der Waals surface area contributed by atoms with Gasteiger partial charge >= 0.3 is 5.97 Å². The average Bonchev–Trinajstić information content (AvgIpc) is 2.13. The topological polar surface area (TPSA) is 37.3 Å². The first-order chi connectivity index (χ1) is 6.91. The summed E-state index contributed by atoms with van der Waals surface area (Å²) in [7, 11) is 0. The molecule has 0 saturated heterocycles. The van der Waals surface area contributed by atoms with Gasteiger partial charge in [-0.25, -0.2) is 0 Å². The molecule has 0 spiro atoms. The van der Waals surface area contributed by atoms with Crippen molar-refractivity contribution in [3.63, 3.8) is 0 Å². The molecule has 0 aromatic heterocycles. The SMILES string of the molecule is Cc1cc(CC(C)C(=O)O)cc(C)c1Br. The Hall–Kier alpha value is -0.830. The second-order valence-electron chi connectivity index (χ2n) is 3.99. The zero-order valence-electron chi connectivity index (χ0n) is 9.17. The largest absolute Gasteiger partial charge is 0.481 e. The predicted molar refractivity (Wildman–Crippen MR) is 64.1 cm³/mol. The molecule has 1 N–H and O–H groups in total. The van der Waals surface area contributed by atoms with Gasteiger partial charge in [0.15, 0.2) is 0 Å². The van der Waals surface area contributed by atoms with Crippen molar-refractivity contribution in [2.24, 2.45) is 5.92 Å². The van der Waals surface area contributed by atoms with Crippen LogP contribution in [0.5, 0.6) is 0 Å². The normalized spacial score (nSPS) is 12.5. The van der Waals surface area contributed by atoms with Crippen LogP contribution >= 0.6 is 15.9 Å². The van der Waals surface area contributed by atoms with Gasteiger partial charge in [-0.2, -0.15) is 0 Å². The van der Waals surface area contributed by atoms with Crippen molar-refractivity contribution in [1.82, 2.24) is 0 Å². The highest BCUT2D eigenvalue weighted by molar-refractivity contribution is 9.10. The van der Waals surface area contributed by atoms with Gasteiger partial charge in [0, 0.05) is 4.47 Å². The van der Waals surface area contributed by atoms with E-state index in [1.54, 1.807) is 6.92 Å². The van der Waals surface area contributed by atoms with Gasteiger partial charge in [-0.1, -0.05) is 35.0 Å². The van der Waals surface area contributed by atoms with Crippen LogP contribution in [-0.4, -0.2) is 11.1 Å². The van der Waals surface area contributed by atoms with Crippen molar-refractivity contribution < 1.29 is 9.90 Å². The summed E-state index contributed by atoms with van der Waals surface area (Å²) in [6, 6.07) is 4.08. The molecule has 0 radical (unpaired) electrons. The Morgan fingerprint density at radius 3 is 2.27 bits per heavy atom. The molecule has 82 valence electrons. The standard InChI is InChI=1S/C12H15BrO2/c1-7-4-10(5-8(2)11(7)13)6-9(3)12(14)15/h4-5,9H,6H2,1-3H3,(H,14,15). The van der Waals surface area contributed by atoms with Gasteiger partial charge in [0.1, 0.15) is 0 Å². The quantitative estimate of drug-likeness (QED) is 0.915. The van der Waals surface area contributed by atoms with Crippen molar-refractivity contribution in [1.29, 1.82) is 0 Å². The molecule has 2 nitrogen and oxygen atoms in total. The van der Waals surface area contributed by atoms with Gasteiger partial charge in [0.2, 0.25) is 0 Å². The summed E-state index contributed by atoms with van der Waals surface area (Å²) in [6.07, 6.45) is 0.588. The fourth-order valence-corrected chi connectivity index (χ4v) is 1.82. The molecule has 0 aliphatic rings. The number of carbonyl (C=O) groups is 1. The number of carboxylic acid groups (broad SMARTS) is 1. The molecule has 3 heteroatoms. The molecule has 1 aromatic carbocycles. The first-order valence-electron chi connectivity index (χ1n) is 4.90. The number of hydrogen-bond donors (Lipinski definition) is 1. The fraction of sp³-hybridized carbons (Fsp3) is 0.417. The molecule has 1 rings (SSSR count). The molecule has 0 aliphatic carbocycles. The van der Waals surface area contributed by atoms with E-state index in [0.717, 1.165) is 21.2 Å². The lowest BCUT2D eigenvalue weighted by atomic mass is 9.98. The molecule has 15 heavy (non-hydrogen) atoms. The van der Waals surface area contributed by atoms with Crippen molar-refractivity contribution in [2.45, 2.75) is 27.2 Å². The van der Waals surface area contributed by atoms with Crippen molar-refractivity contribution >= 4 is 21.9 Å². The number of hydrogen-bond acceptors (Lipinski definition) is 1. The Kier molecular flexibility index (Phi) is 3.91. The van der Waals surface area contributed by atoms with Crippen LogP contribution in [0.2, 0.25) is 0 Å². The van der Waals surface area contributed by atoms with Crippen LogP contribution in [0.4, 0.5) is 0 Å². The molecule has 0 heterocycles. The molecule has 0 saturated carbocycles. The minimum Gasteiger partial charge on any atom is -0.481 e. The minimum absolute atomic E-state index is 0.329. The third kappa shape index (κ3) is 3.06. The zero-order valence-corrected chi connectivity index (χ0v) is 10.8. The molecule has 1 aromatic rings. The van der Waals surface area contributed by atoms with Crippen molar-refractivity contribution in [2.75, 3.05) is 0 Å². The predicted octanol–water partition coefficient (Wildman–Crippen LogP) is 3.33. The average molecular weight is 271 g/mol. The summed E-state index contributed by atoms with van der Waals surface area (Å²) < 4.78 is 1.11. The molecule has 1 atom stereocenters. The number of benzene rings is 1. The first kappa shape index (κ1) is 12.2. The summed E-state index contributed by atoms with van der Waals surface area (Å²) in [6.45, 7) is 5.77. The highest BCUT2D eigenvalue weighted by Gasteiger charge is 2.12. The minimum atomic E-state index is -0.742. The van der Waals surface area contributed by atoms with Gasteiger partial charge in [-0.05, 0) is 37.0 Å². The van der Waals surface area contributed by atoms with E-state index in [9.17, 15) is 4.79 Å². The monoisotopic (exact) mass is 270 g/mol. The molecular formula is C12H15BrO2. The molecule has 0 bridgehead atoms. The number of aryl methyl sites for hydroxylation is 2. The van der Waals surface area contributed by atoms with Crippen LogP contribution in [-0.2, 0) is 11.2 Å². The summed E-state index contributed by atoms with van der Waals surface area (Å²) in [5.74, 6) is -1.07. The Morgan fingerprint density at radius 2 is 1.87 bits per heavy atom. The Bertz CT molecular complexity index is 362. The third-order valence-corrected chi connectivity index (χ3v) is 3.71. The van der Waals surface area contributed by atoms with Gasteiger partial charge in [-0.15, -0.1) is 0 Å². The molecule has 0 amide bonds. The van der Waals surface area contributed by atoms with Crippen LogP contribution in [0.1, 0.15) is 23.6 Å². The van der Waals surface area contributed by atoms with E-state index in [4.69, 9.17) is 5.11 Å². The maximum absolute atomic E-state index is 10.7. The van der Waals surface area contributed by atoms with E-state index in [1.165, 1.54) is 0 Å².